The van der Waals surface area contributed by atoms with Gasteiger partial charge in [0.25, 0.3) is 8.32 Å². The van der Waals surface area contributed by atoms with Crippen molar-refractivity contribution < 1.29 is 23.8 Å². The molecule has 7 rings (SSSR count). The minimum Gasteiger partial charge on any atom is -0.496 e. The Bertz CT molecular complexity index is 2350. The summed E-state index contributed by atoms with van der Waals surface area (Å²) in [6.07, 6.45) is 1.20. The number of aromatic carboxylic acids is 1. The number of aromatic nitrogens is 1. The van der Waals surface area contributed by atoms with Crippen molar-refractivity contribution in [1.82, 2.24) is 4.57 Å². The summed E-state index contributed by atoms with van der Waals surface area (Å²) in [4.78, 5) is 11.8. The van der Waals surface area contributed by atoms with E-state index >= 15 is 0 Å². The van der Waals surface area contributed by atoms with Crippen LogP contribution in [0.5, 0.6) is 11.5 Å². The van der Waals surface area contributed by atoms with E-state index in [1.807, 2.05) is 6.07 Å². The Balaban J connectivity index is 1.36. The van der Waals surface area contributed by atoms with Crippen molar-refractivity contribution in [3.8, 4) is 11.5 Å². The number of ether oxygens (including phenoxy) is 2. The van der Waals surface area contributed by atoms with Gasteiger partial charge in [-0.1, -0.05) is 154 Å². The summed E-state index contributed by atoms with van der Waals surface area (Å²) >= 11 is 6.80. The van der Waals surface area contributed by atoms with Gasteiger partial charge in [-0.15, -0.1) is 0 Å². The van der Waals surface area contributed by atoms with Gasteiger partial charge in [0.2, 0.25) is 0 Å². The largest absolute Gasteiger partial charge is 0.496 e. The van der Waals surface area contributed by atoms with Gasteiger partial charge < -0.3 is 23.6 Å². The third-order valence-electron chi connectivity index (χ3n) is 10.8. The zero-order chi connectivity index (χ0) is 40.0. The number of hydrogen-bond acceptors (Lipinski definition) is 4. The lowest BCUT2D eigenvalue weighted by Gasteiger charge is -2.43. The predicted octanol–water partition coefficient (Wildman–Crippen LogP) is 10.4. The molecule has 0 aliphatic rings. The molecule has 0 aliphatic heterocycles. The Labute approximate surface area is 341 Å². The molecule has 1 aromatic heterocycles. The van der Waals surface area contributed by atoms with Crippen LogP contribution in [0.3, 0.4) is 0 Å². The Morgan fingerprint density at radius 2 is 1.28 bits per heavy atom. The number of fused-ring (bicyclic) bond motifs is 1. The Hall–Kier alpha value is -5.60. The number of rotatable bonds is 15. The molecule has 1 N–H and O–H groups in total. The standard InChI is InChI=1S/C49H48ClNO5Si/c1-49(2,3)57(39-21-13-7-14-22-39,40-23-15-8-16-24-40)56-32-30-45-41(29-31-55-38-26-27-42(48(52)53)46(34-38)54-4)43-33-37(50)25-28-44(43)51(45)47(35-17-9-5-10-18-35)36-19-11-6-12-20-36/h5-28,33-34,47H,29-32H2,1-4H3,(H,52,53). The van der Waals surface area contributed by atoms with E-state index < -0.39 is 14.3 Å². The van der Waals surface area contributed by atoms with E-state index in [0.29, 0.717) is 36.8 Å². The molecule has 0 aliphatic carbocycles. The van der Waals surface area contributed by atoms with Crippen LogP contribution in [0.15, 0.2) is 158 Å². The van der Waals surface area contributed by atoms with E-state index in [4.69, 9.17) is 25.5 Å². The molecule has 0 saturated carbocycles. The van der Waals surface area contributed by atoms with Gasteiger partial charge >= 0.3 is 5.97 Å². The van der Waals surface area contributed by atoms with Crippen molar-refractivity contribution in [3.63, 3.8) is 0 Å². The lowest BCUT2D eigenvalue weighted by molar-refractivity contribution is 0.0693. The lowest BCUT2D eigenvalue weighted by Crippen LogP contribution is -2.66. The van der Waals surface area contributed by atoms with Crippen molar-refractivity contribution in [3.05, 3.63) is 191 Å². The molecule has 0 fully saturated rings. The van der Waals surface area contributed by atoms with Crippen molar-refractivity contribution in [2.24, 2.45) is 0 Å². The number of nitrogens with zero attached hydrogens (tertiary/aromatic N) is 1. The van der Waals surface area contributed by atoms with Crippen LogP contribution in [0.2, 0.25) is 10.1 Å². The lowest BCUT2D eigenvalue weighted by atomic mass is 9.97. The van der Waals surface area contributed by atoms with Crippen molar-refractivity contribution in [2.75, 3.05) is 20.3 Å². The Kier molecular flexibility index (Phi) is 12.0. The molecular formula is C49H48ClNO5Si. The van der Waals surface area contributed by atoms with Gasteiger partial charge in [0.15, 0.2) is 0 Å². The molecule has 0 amide bonds. The van der Waals surface area contributed by atoms with E-state index in [1.54, 1.807) is 12.1 Å². The highest BCUT2D eigenvalue weighted by atomic mass is 35.5. The van der Waals surface area contributed by atoms with E-state index in [9.17, 15) is 9.90 Å². The smallest absolute Gasteiger partial charge is 0.339 e. The Morgan fingerprint density at radius 1 is 0.719 bits per heavy atom. The Morgan fingerprint density at radius 3 is 1.81 bits per heavy atom. The first kappa shape index (κ1) is 39.6. The van der Waals surface area contributed by atoms with E-state index in [-0.39, 0.29) is 22.4 Å². The van der Waals surface area contributed by atoms with Gasteiger partial charge in [-0.25, -0.2) is 4.79 Å². The van der Waals surface area contributed by atoms with E-state index in [2.05, 4.69) is 159 Å². The summed E-state index contributed by atoms with van der Waals surface area (Å²) in [5, 5.41) is 13.6. The highest BCUT2D eigenvalue weighted by Crippen LogP contribution is 2.40. The van der Waals surface area contributed by atoms with Crippen LogP contribution in [0.1, 0.15) is 59.6 Å². The SMILES string of the molecule is COc1cc(OCCc2c(CCO[Si](c3ccccc3)(c3ccccc3)C(C)(C)C)n(C(c3ccccc3)c3ccccc3)c3ccc(Cl)cc23)ccc1C(=O)O. The van der Waals surface area contributed by atoms with Crippen LogP contribution in [-0.4, -0.2) is 44.3 Å². The molecule has 290 valence electrons. The number of halogens is 1. The number of methoxy groups -OCH3 is 1. The third-order valence-corrected chi connectivity index (χ3v) is 16.0. The maximum Gasteiger partial charge on any atom is 0.339 e. The van der Waals surface area contributed by atoms with Gasteiger partial charge in [-0.3, -0.25) is 0 Å². The zero-order valence-corrected chi connectivity index (χ0v) is 34.6. The number of hydrogen-bond donors (Lipinski definition) is 1. The summed E-state index contributed by atoms with van der Waals surface area (Å²) in [6.45, 7) is 7.74. The molecule has 6 aromatic carbocycles. The zero-order valence-electron chi connectivity index (χ0n) is 32.8. The molecule has 0 bridgehead atoms. The maximum atomic E-state index is 11.8. The fourth-order valence-corrected chi connectivity index (χ4v) is 13.0. The first-order valence-corrected chi connectivity index (χ1v) is 21.6. The third kappa shape index (κ3) is 8.14. The molecule has 0 radical (unpaired) electrons. The van der Waals surface area contributed by atoms with E-state index in [1.165, 1.54) is 23.5 Å². The summed E-state index contributed by atoms with van der Waals surface area (Å²) in [5.74, 6) is -0.279. The van der Waals surface area contributed by atoms with Crippen LogP contribution < -0.4 is 19.8 Å². The summed E-state index contributed by atoms with van der Waals surface area (Å²) < 4.78 is 21.7. The van der Waals surface area contributed by atoms with Crippen LogP contribution in [0.25, 0.3) is 10.9 Å². The quantitative estimate of drug-likeness (QED) is 0.105. The minimum absolute atomic E-state index is 0.0820. The number of benzene rings is 6. The molecule has 8 heteroatoms. The molecule has 6 nitrogen and oxygen atoms in total. The number of carbonyl (C=O) groups is 1. The maximum absolute atomic E-state index is 11.8. The number of carboxylic acids is 1. The normalized spacial score (nSPS) is 11.9. The van der Waals surface area contributed by atoms with Gasteiger partial charge in [0.1, 0.15) is 17.1 Å². The summed E-state index contributed by atoms with van der Waals surface area (Å²) in [6, 6.07) is 53.6. The second kappa shape index (κ2) is 17.3. The highest BCUT2D eigenvalue weighted by Gasteiger charge is 2.50. The molecule has 0 spiro atoms. The average molecular weight is 794 g/mol. The summed E-state index contributed by atoms with van der Waals surface area (Å²) in [5.41, 5.74) is 5.75. The molecule has 0 unspecified atom stereocenters. The van der Waals surface area contributed by atoms with Gasteiger partial charge in [0.05, 0.1) is 19.8 Å². The molecule has 0 atom stereocenters. The molecule has 7 aromatic rings. The average Bonchev–Trinajstić information content (AvgIpc) is 3.51. The predicted molar refractivity (Wildman–Crippen MR) is 234 cm³/mol. The van der Waals surface area contributed by atoms with Crippen LogP contribution >= 0.6 is 11.6 Å². The van der Waals surface area contributed by atoms with Crippen LogP contribution in [0.4, 0.5) is 0 Å². The second-order valence-corrected chi connectivity index (χ2v) is 20.0. The molecular weight excluding hydrogens is 746 g/mol. The van der Waals surface area contributed by atoms with Crippen LogP contribution in [-0.2, 0) is 17.3 Å². The van der Waals surface area contributed by atoms with Gasteiger partial charge in [0, 0.05) is 47.1 Å². The topological polar surface area (TPSA) is 69.9 Å². The second-order valence-electron chi connectivity index (χ2n) is 15.2. The van der Waals surface area contributed by atoms with E-state index in [0.717, 1.165) is 33.3 Å². The van der Waals surface area contributed by atoms with Crippen molar-refractivity contribution >= 4 is 47.2 Å². The van der Waals surface area contributed by atoms with Crippen molar-refractivity contribution in [2.45, 2.75) is 44.7 Å². The van der Waals surface area contributed by atoms with Gasteiger partial charge in [-0.05, 0) is 62.4 Å². The first-order valence-electron chi connectivity index (χ1n) is 19.3. The fraction of sp³-hybridized carbons (Fsp3) is 0.204. The fourth-order valence-electron chi connectivity index (χ4n) is 8.28. The van der Waals surface area contributed by atoms with Crippen molar-refractivity contribution in [1.29, 1.82) is 0 Å². The van der Waals surface area contributed by atoms with Gasteiger partial charge in [-0.2, -0.15) is 0 Å². The molecule has 57 heavy (non-hydrogen) atoms. The number of carboxylic acid groups (broad SMARTS) is 1. The highest BCUT2D eigenvalue weighted by molar-refractivity contribution is 6.99. The molecule has 0 saturated heterocycles. The molecule has 1 heterocycles. The van der Waals surface area contributed by atoms with Crippen LogP contribution in [0, 0.1) is 0 Å². The first-order chi connectivity index (χ1) is 27.6. The monoisotopic (exact) mass is 793 g/mol. The summed E-state index contributed by atoms with van der Waals surface area (Å²) in [7, 11) is -1.38. The minimum atomic E-state index is -2.84.